The zero-order valence-electron chi connectivity index (χ0n) is 25.7. The van der Waals surface area contributed by atoms with Crippen molar-refractivity contribution in [2.24, 2.45) is 17.3 Å². The maximum atomic E-state index is 8.95. The van der Waals surface area contributed by atoms with Crippen LogP contribution in [0.5, 0.6) is 11.5 Å². The summed E-state index contributed by atoms with van der Waals surface area (Å²) in [4.78, 5) is 0. The van der Waals surface area contributed by atoms with Gasteiger partial charge in [0.1, 0.15) is 6.61 Å². The Bertz CT molecular complexity index is 1130. The van der Waals surface area contributed by atoms with E-state index in [4.69, 9.17) is 24.1 Å². The van der Waals surface area contributed by atoms with Gasteiger partial charge in [-0.1, -0.05) is 75.8 Å². The van der Waals surface area contributed by atoms with Crippen LogP contribution in [0.3, 0.4) is 0 Å². The van der Waals surface area contributed by atoms with Crippen molar-refractivity contribution in [1.82, 2.24) is 0 Å². The van der Waals surface area contributed by atoms with E-state index < -0.39 is 0 Å². The Kier molecular flexibility index (Phi) is 10.1. The molecular weight excluding hydrogens is 524 g/mol. The molecule has 0 radical (unpaired) electrons. The van der Waals surface area contributed by atoms with Gasteiger partial charge >= 0.3 is 0 Å². The summed E-state index contributed by atoms with van der Waals surface area (Å²) in [5, 5.41) is 8.95. The maximum Gasteiger partial charge on any atom is 0.161 e. The van der Waals surface area contributed by atoms with Gasteiger partial charge in [-0.2, -0.15) is 0 Å². The van der Waals surface area contributed by atoms with Crippen molar-refractivity contribution in [1.29, 1.82) is 0 Å². The summed E-state index contributed by atoms with van der Waals surface area (Å²) in [6.45, 7) is 5.51. The third kappa shape index (κ3) is 6.54. The highest BCUT2D eigenvalue weighted by Crippen LogP contribution is 2.62. The monoisotopic (exact) mass is 576 g/mol. The molecule has 1 aliphatic heterocycles. The SMILES string of the molecule is C[C@@]12CC[C@H]3c4cc(OCCCCCCCCCCO)c(OCc5ccccc5)cc4CC4OCCO[C@H]1CCC2C43. The van der Waals surface area contributed by atoms with Gasteiger partial charge in [0.2, 0.25) is 0 Å². The van der Waals surface area contributed by atoms with Crippen LogP contribution in [0.25, 0.3) is 0 Å². The summed E-state index contributed by atoms with van der Waals surface area (Å²) in [6.07, 6.45) is 15.9. The van der Waals surface area contributed by atoms with Crippen molar-refractivity contribution >= 4 is 0 Å². The van der Waals surface area contributed by atoms with Gasteiger partial charge in [0, 0.05) is 6.61 Å². The highest BCUT2D eigenvalue weighted by atomic mass is 16.5. The summed E-state index contributed by atoms with van der Waals surface area (Å²) in [7, 11) is 0. The minimum Gasteiger partial charge on any atom is -0.490 e. The number of unbranched alkanes of at least 4 members (excludes halogenated alkanes) is 7. The van der Waals surface area contributed by atoms with E-state index >= 15 is 0 Å². The molecule has 1 N–H and O–H groups in total. The minimum absolute atomic E-state index is 0.255. The first-order valence-corrected chi connectivity index (χ1v) is 17.0. The van der Waals surface area contributed by atoms with Crippen LogP contribution in [0.4, 0.5) is 0 Å². The van der Waals surface area contributed by atoms with E-state index in [1.807, 2.05) is 6.07 Å². The summed E-state index contributed by atoms with van der Waals surface area (Å²) in [6, 6.07) is 15.1. The fourth-order valence-corrected chi connectivity index (χ4v) is 8.77. The Morgan fingerprint density at radius 1 is 0.833 bits per heavy atom. The standard InChI is InChI=1S/C37H52O5/c1-37-18-17-29-30-25-33(39-20-12-7-5-3-2-4-6-11-19-38)32(42-26-27-13-9-8-10-14-27)23-28(30)24-34-36(29)31(37)15-16-35(37)41-22-21-40-34/h8-10,13-14,23,25,29,31,34-36,38H,2-7,11-12,15-22,24,26H2,1H3/t29-,31?,34?,35-,36?,37-/m0/s1. The number of aliphatic hydroxyl groups is 1. The molecule has 4 bridgehead atoms. The summed E-state index contributed by atoms with van der Waals surface area (Å²) in [5.41, 5.74) is 4.32. The molecule has 2 aromatic rings. The average Bonchev–Trinajstić information content (AvgIpc) is 3.36. The van der Waals surface area contributed by atoms with Crippen molar-refractivity contribution in [3.63, 3.8) is 0 Å². The summed E-state index contributed by atoms with van der Waals surface area (Å²) < 4.78 is 26.0. The molecule has 2 aromatic carbocycles. The Balaban J connectivity index is 1.17. The van der Waals surface area contributed by atoms with Crippen LogP contribution in [-0.4, -0.2) is 43.7 Å². The Morgan fingerprint density at radius 3 is 2.38 bits per heavy atom. The second kappa shape index (κ2) is 14.1. The largest absolute Gasteiger partial charge is 0.490 e. The van der Waals surface area contributed by atoms with Crippen molar-refractivity contribution in [3.05, 3.63) is 59.2 Å². The number of rotatable bonds is 14. The van der Waals surface area contributed by atoms with E-state index in [-0.39, 0.29) is 11.5 Å². The first-order chi connectivity index (χ1) is 20.7. The molecule has 1 saturated heterocycles. The first kappa shape index (κ1) is 30.0. The van der Waals surface area contributed by atoms with Gasteiger partial charge in [-0.3, -0.25) is 0 Å². The predicted molar refractivity (Wildman–Crippen MR) is 166 cm³/mol. The van der Waals surface area contributed by atoms with Gasteiger partial charge in [-0.25, -0.2) is 0 Å². The van der Waals surface area contributed by atoms with Gasteiger partial charge in [0.15, 0.2) is 11.5 Å². The molecule has 5 nitrogen and oxygen atoms in total. The molecular formula is C37H52O5. The minimum atomic E-state index is 0.255. The molecule has 230 valence electrons. The van der Waals surface area contributed by atoms with Crippen molar-refractivity contribution in [3.8, 4) is 11.5 Å². The van der Waals surface area contributed by atoms with Gasteiger partial charge in [-0.15, -0.1) is 0 Å². The van der Waals surface area contributed by atoms with Crippen molar-refractivity contribution < 1.29 is 24.1 Å². The lowest BCUT2D eigenvalue weighted by molar-refractivity contribution is -0.0629. The van der Waals surface area contributed by atoms with Crippen LogP contribution in [0.2, 0.25) is 0 Å². The van der Waals surface area contributed by atoms with Crippen molar-refractivity contribution in [2.45, 2.75) is 115 Å². The van der Waals surface area contributed by atoms with Crippen molar-refractivity contribution in [2.75, 3.05) is 26.4 Å². The number of aliphatic hydroxyl groups excluding tert-OH is 1. The second-order valence-corrected chi connectivity index (χ2v) is 13.6. The molecule has 4 aliphatic rings. The van der Waals surface area contributed by atoms with Crippen LogP contribution >= 0.6 is 0 Å². The molecule has 3 aliphatic carbocycles. The number of fused-ring (bicyclic) bond motifs is 2. The highest BCUT2D eigenvalue weighted by Gasteiger charge is 2.58. The molecule has 0 spiro atoms. The van der Waals surface area contributed by atoms with Gasteiger partial charge in [0.25, 0.3) is 0 Å². The molecule has 2 saturated carbocycles. The molecule has 0 amide bonds. The molecule has 6 atom stereocenters. The second-order valence-electron chi connectivity index (χ2n) is 13.6. The van der Waals surface area contributed by atoms with E-state index in [1.54, 1.807) is 0 Å². The Hall–Kier alpha value is -2.08. The molecule has 1 heterocycles. The lowest BCUT2D eigenvalue weighted by atomic mass is 9.54. The van der Waals surface area contributed by atoms with Gasteiger partial charge in [-0.05, 0) is 96.9 Å². The van der Waals surface area contributed by atoms with E-state index in [0.717, 1.165) is 50.4 Å². The number of benzene rings is 2. The lowest BCUT2D eigenvalue weighted by Gasteiger charge is -2.52. The number of ether oxygens (including phenoxy) is 4. The number of hydrogen-bond acceptors (Lipinski definition) is 5. The molecule has 42 heavy (non-hydrogen) atoms. The molecule has 5 heteroatoms. The normalized spacial score (nSPS) is 29.7. The van der Waals surface area contributed by atoms with E-state index in [9.17, 15) is 0 Å². The van der Waals surface area contributed by atoms with E-state index in [2.05, 4.69) is 43.3 Å². The number of hydrogen-bond donors (Lipinski definition) is 1. The fourth-order valence-electron chi connectivity index (χ4n) is 8.77. The van der Waals surface area contributed by atoms with Crippen LogP contribution in [0, 0.1) is 17.3 Å². The fraction of sp³-hybridized carbons (Fsp3) is 0.676. The maximum absolute atomic E-state index is 8.95. The average molecular weight is 577 g/mol. The van der Waals surface area contributed by atoms with Gasteiger partial charge < -0.3 is 24.1 Å². The quantitative estimate of drug-likeness (QED) is 0.231. The van der Waals surface area contributed by atoms with Crippen LogP contribution < -0.4 is 9.47 Å². The van der Waals surface area contributed by atoms with Crippen LogP contribution in [-0.2, 0) is 22.5 Å². The predicted octanol–water partition coefficient (Wildman–Crippen LogP) is 8.01. The molecule has 3 fully saturated rings. The highest BCUT2D eigenvalue weighted by molar-refractivity contribution is 5.51. The zero-order chi connectivity index (χ0) is 28.8. The molecule has 6 rings (SSSR count). The molecule has 3 unspecified atom stereocenters. The topological polar surface area (TPSA) is 57.2 Å². The summed E-state index contributed by atoms with van der Waals surface area (Å²) in [5.74, 6) is 3.53. The smallest absolute Gasteiger partial charge is 0.161 e. The van der Waals surface area contributed by atoms with Gasteiger partial charge in [0.05, 0.1) is 32.0 Å². The van der Waals surface area contributed by atoms with Crippen LogP contribution in [0.1, 0.15) is 107 Å². The lowest BCUT2D eigenvalue weighted by Crippen LogP contribution is -2.49. The third-order valence-corrected chi connectivity index (χ3v) is 11.0. The van der Waals surface area contributed by atoms with E-state index in [1.165, 1.54) is 74.5 Å². The van der Waals surface area contributed by atoms with Crippen LogP contribution in [0.15, 0.2) is 42.5 Å². The Labute approximate surface area is 253 Å². The molecule has 0 aromatic heterocycles. The third-order valence-electron chi connectivity index (χ3n) is 11.0. The van der Waals surface area contributed by atoms with E-state index in [0.29, 0.717) is 43.7 Å². The zero-order valence-corrected chi connectivity index (χ0v) is 25.7. The first-order valence-electron chi connectivity index (χ1n) is 17.0. The summed E-state index contributed by atoms with van der Waals surface area (Å²) >= 11 is 0. The Morgan fingerprint density at radius 2 is 1.57 bits per heavy atom.